The summed E-state index contributed by atoms with van der Waals surface area (Å²) in [7, 11) is 0. The van der Waals surface area contributed by atoms with Gasteiger partial charge in [0, 0.05) is 18.0 Å². The van der Waals surface area contributed by atoms with Crippen molar-refractivity contribution in [3.05, 3.63) is 94.5 Å². The predicted molar refractivity (Wildman–Crippen MR) is 99.4 cm³/mol. The first-order valence-electron chi connectivity index (χ1n) is 8.05. The number of aromatic nitrogens is 1. The van der Waals surface area contributed by atoms with Crippen molar-refractivity contribution in [3.8, 4) is 11.5 Å². The van der Waals surface area contributed by atoms with Crippen molar-refractivity contribution >= 4 is 23.5 Å². The van der Waals surface area contributed by atoms with E-state index in [1.54, 1.807) is 36.7 Å². The van der Waals surface area contributed by atoms with Crippen LogP contribution in [0.3, 0.4) is 0 Å². The number of halogens is 1. The average Bonchev–Trinajstić information content (AvgIpc) is 2.99. The lowest BCUT2D eigenvalue weighted by atomic mass is 10.1. The Morgan fingerprint density at radius 2 is 1.92 bits per heavy atom. The Morgan fingerprint density at radius 3 is 2.65 bits per heavy atom. The van der Waals surface area contributed by atoms with Gasteiger partial charge in [0.05, 0.1) is 10.6 Å². The summed E-state index contributed by atoms with van der Waals surface area (Å²) in [4.78, 5) is 16.5. The second-order valence-corrected chi connectivity index (χ2v) is 6.18. The second kappa shape index (κ2) is 7.02. The Labute approximate surface area is 155 Å². The molecule has 0 saturated carbocycles. The zero-order chi connectivity index (χ0) is 17.9. The average molecular weight is 364 g/mol. The number of carbonyl (C=O) groups excluding carboxylic acids is 1. The number of allylic oxidation sites excluding steroid dienone is 1. The van der Waals surface area contributed by atoms with Gasteiger partial charge in [0.1, 0.15) is 12.4 Å². The number of benzene rings is 2. The molecule has 0 aliphatic carbocycles. The fourth-order valence-corrected chi connectivity index (χ4v) is 2.85. The Hall–Kier alpha value is -3.11. The molecule has 0 amide bonds. The molecule has 0 bridgehead atoms. The van der Waals surface area contributed by atoms with Crippen molar-refractivity contribution in [2.45, 2.75) is 6.61 Å². The van der Waals surface area contributed by atoms with Gasteiger partial charge in [-0.15, -0.1) is 0 Å². The minimum Gasteiger partial charge on any atom is -0.489 e. The van der Waals surface area contributed by atoms with E-state index < -0.39 is 0 Å². The molecule has 0 unspecified atom stereocenters. The van der Waals surface area contributed by atoms with Crippen LogP contribution in [0.15, 0.2) is 72.8 Å². The molecule has 1 aliphatic heterocycles. The maximum atomic E-state index is 12.4. The molecule has 0 atom stereocenters. The molecule has 0 N–H and O–H groups in total. The molecule has 2 heterocycles. The third kappa shape index (κ3) is 3.32. The number of para-hydroxylation sites is 1. The van der Waals surface area contributed by atoms with Crippen LogP contribution in [-0.4, -0.2) is 10.8 Å². The van der Waals surface area contributed by atoms with Gasteiger partial charge < -0.3 is 9.47 Å². The minimum absolute atomic E-state index is 0.167. The minimum atomic E-state index is -0.167. The quantitative estimate of drug-likeness (QED) is 0.617. The van der Waals surface area contributed by atoms with Crippen molar-refractivity contribution in [2.24, 2.45) is 0 Å². The molecule has 4 rings (SSSR count). The van der Waals surface area contributed by atoms with Gasteiger partial charge in [0.15, 0.2) is 11.5 Å². The van der Waals surface area contributed by atoms with Crippen LogP contribution in [0, 0.1) is 0 Å². The van der Waals surface area contributed by atoms with Gasteiger partial charge in [-0.1, -0.05) is 35.9 Å². The van der Waals surface area contributed by atoms with Crippen LogP contribution >= 0.6 is 11.6 Å². The van der Waals surface area contributed by atoms with Gasteiger partial charge in [-0.2, -0.15) is 0 Å². The summed E-state index contributed by atoms with van der Waals surface area (Å²) in [6.45, 7) is 0.448. The van der Waals surface area contributed by atoms with Gasteiger partial charge >= 0.3 is 0 Å². The largest absolute Gasteiger partial charge is 0.489 e. The molecule has 4 nitrogen and oxygen atoms in total. The predicted octanol–water partition coefficient (Wildman–Crippen LogP) is 4.93. The fraction of sp³-hybridized carbons (Fsp3) is 0.0476. The topological polar surface area (TPSA) is 48.4 Å². The molecule has 0 radical (unpaired) electrons. The van der Waals surface area contributed by atoms with Gasteiger partial charge in [-0.3, -0.25) is 9.78 Å². The zero-order valence-corrected chi connectivity index (χ0v) is 14.4. The number of rotatable bonds is 4. The normalized spacial score (nSPS) is 14.2. The van der Waals surface area contributed by atoms with Crippen LogP contribution in [0.2, 0.25) is 5.02 Å². The number of Topliss-reactive ketones (excluding diaryl/α,β-unsaturated/α-hetero) is 1. The number of fused-ring (bicyclic) bond motifs is 1. The first-order chi connectivity index (χ1) is 12.7. The SMILES string of the molecule is O=C1/C(=C/c2ccc(OCc3cccnc3)cc2)Oc2c(Cl)cccc21. The van der Waals surface area contributed by atoms with E-state index in [9.17, 15) is 4.79 Å². The van der Waals surface area contributed by atoms with Crippen LogP contribution in [0.1, 0.15) is 21.5 Å². The van der Waals surface area contributed by atoms with E-state index in [0.717, 1.165) is 16.9 Å². The van der Waals surface area contributed by atoms with Crippen LogP contribution in [0.5, 0.6) is 11.5 Å². The molecular formula is C21H14ClNO3. The van der Waals surface area contributed by atoms with Crippen molar-refractivity contribution in [1.82, 2.24) is 4.98 Å². The number of ether oxygens (including phenoxy) is 2. The van der Waals surface area contributed by atoms with E-state index in [-0.39, 0.29) is 11.5 Å². The molecule has 1 aromatic heterocycles. The molecule has 2 aromatic carbocycles. The molecular weight excluding hydrogens is 350 g/mol. The van der Waals surface area contributed by atoms with E-state index in [1.165, 1.54) is 0 Å². The molecule has 0 spiro atoms. The highest BCUT2D eigenvalue weighted by molar-refractivity contribution is 6.33. The fourth-order valence-electron chi connectivity index (χ4n) is 2.64. The molecule has 0 fully saturated rings. The molecule has 3 aromatic rings. The van der Waals surface area contributed by atoms with Crippen LogP contribution < -0.4 is 9.47 Å². The van der Waals surface area contributed by atoms with Crippen molar-refractivity contribution < 1.29 is 14.3 Å². The number of ketones is 1. The van der Waals surface area contributed by atoms with Crippen molar-refractivity contribution in [1.29, 1.82) is 0 Å². The summed E-state index contributed by atoms with van der Waals surface area (Å²) < 4.78 is 11.4. The highest BCUT2D eigenvalue weighted by atomic mass is 35.5. The number of pyridine rings is 1. The van der Waals surface area contributed by atoms with E-state index in [0.29, 0.717) is 22.9 Å². The highest BCUT2D eigenvalue weighted by Crippen LogP contribution is 2.37. The van der Waals surface area contributed by atoms with Crippen LogP contribution in [0.25, 0.3) is 6.08 Å². The summed E-state index contributed by atoms with van der Waals surface area (Å²) in [5, 5.41) is 0.429. The maximum Gasteiger partial charge on any atom is 0.232 e. The molecule has 1 aliphatic rings. The van der Waals surface area contributed by atoms with Crippen LogP contribution in [0.4, 0.5) is 0 Å². The molecule has 26 heavy (non-hydrogen) atoms. The van der Waals surface area contributed by atoms with E-state index in [4.69, 9.17) is 21.1 Å². The Bertz CT molecular complexity index is 982. The lowest BCUT2D eigenvalue weighted by Gasteiger charge is -2.06. The first kappa shape index (κ1) is 16.4. The maximum absolute atomic E-state index is 12.4. The molecule has 5 heteroatoms. The second-order valence-electron chi connectivity index (χ2n) is 5.78. The number of carbonyl (C=O) groups is 1. The lowest BCUT2D eigenvalue weighted by Crippen LogP contribution is -1.98. The van der Waals surface area contributed by atoms with Gasteiger partial charge in [-0.25, -0.2) is 0 Å². The number of hydrogen-bond acceptors (Lipinski definition) is 4. The Morgan fingerprint density at radius 1 is 1.08 bits per heavy atom. The summed E-state index contributed by atoms with van der Waals surface area (Å²) in [6, 6.07) is 16.4. The zero-order valence-electron chi connectivity index (χ0n) is 13.7. The first-order valence-corrected chi connectivity index (χ1v) is 8.43. The van der Waals surface area contributed by atoms with E-state index in [2.05, 4.69) is 4.98 Å². The summed E-state index contributed by atoms with van der Waals surface area (Å²) in [5.41, 5.74) is 2.32. The summed E-state index contributed by atoms with van der Waals surface area (Å²) >= 11 is 6.08. The van der Waals surface area contributed by atoms with E-state index in [1.807, 2.05) is 36.4 Å². The molecule has 0 saturated heterocycles. The smallest absolute Gasteiger partial charge is 0.232 e. The summed E-state index contributed by atoms with van der Waals surface area (Å²) in [5.74, 6) is 1.25. The monoisotopic (exact) mass is 363 g/mol. The van der Waals surface area contributed by atoms with Crippen molar-refractivity contribution in [3.63, 3.8) is 0 Å². The van der Waals surface area contributed by atoms with Crippen molar-refractivity contribution in [2.75, 3.05) is 0 Å². The van der Waals surface area contributed by atoms with Gasteiger partial charge in [0.25, 0.3) is 0 Å². The summed E-state index contributed by atoms with van der Waals surface area (Å²) in [6.07, 6.45) is 5.19. The van der Waals surface area contributed by atoms with E-state index >= 15 is 0 Å². The Kier molecular flexibility index (Phi) is 4.42. The lowest BCUT2D eigenvalue weighted by molar-refractivity contribution is 0.101. The third-order valence-electron chi connectivity index (χ3n) is 3.95. The number of nitrogens with zero attached hydrogens (tertiary/aromatic N) is 1. The highest BCUT2D eigenvalue weighted by Gasteiger charge is 2.28. The van der Waals surface area contributed by atoms with Gasteiger partial charge in [-0.05, 0) is 42.0 Å². The number of hydrogen-bond donors (Lipinski definition) is 0. The van der Waals surface area contributed by atoms with Crippen LogP contribution in [-0.2, 0) is 6.61 Å². The third-order valence-corrected chi connectivity index (χ3v) is 4.25. The Balaban J connectivity index is 1.47. The molecule has 128 valence electrons. The van der Waals surface area contributed by atoms with Gasteiger partial charge in [0.2, 0.25) is 5.78 Å². The standard InChI is InChI=1S/C21H14ClNO3/c22-18-5-1-4-17-20(24)19(26-21(17)18)11-14-6-8-16(9-7-14)25-13-15-3-2-10-23-12-15/h1-12H,13H2/b19-11-.